The summed E-state index contributed by atoms with van der Waals surface area (Å²) >= 11 is -1.73. The van der Waals surface area contributed by atoms with Gasteiger partial charge in [-0.15, -0.1) is 0 Å². The number of aromatic nitrogens is 1. The first kappa shape index (κ1) is 12.0. The first-order valence-corrected chi connectivity index (χ1v) is 8.28. The fraction of sp³-hybridized carbons (Fsp3) is 0. The van der Waals surface area contributed by atoms with Crippen LogP contribution >= 0.6 is 0 Å². The molecule has 0 bridgehead atoms. The Bertz CT molecular complexity index is 833. The van der Waals surface area contributed by atoms with Gasteiger partial charge in [0.05, 0.1) is 0 Å². The third kappa shape index (κ3) is 1.93. The second-order valence-corrected chi connectivity index (χ2v) is 7.65. The zero-order valence-electron chi connectivity index (χ0n) is 9.92. The molecule has 4 nitrogen and oxygen atoms in total. The predicted octanol–water partition coefficient (Wildman–Crippen LogP) is 1.36. The summed E-state index contributed by atoms with van der Waals surface area (Å²) in [5, 5.41) is 0.701. The molecular weight excluding hydrogens is 307 g/mol. The maximum absolute atomic E-state index is 11.9. The van der Waals surface area contributed by atoms with E-state index in [1.165, 1.54) is 0 Å². The summed E-state index contributed by atoms with van der Waals surface area (Å²) in [6.45, 7) is 0. The van der Waals surface area contributed by atoms with E-state index >= 15 is 0 Å². The number of hydrogen-bond acceptors (Lipinski definition) is 2. The van der Waals surface area contributed by atoms with Crippen molar-refractivity contribution in [3.05, 3.63) is 64.4 Å². The molecule has 0 radical (unpaired) electrons. The van der Waals surface area contributed by atoms with Gasteiger partial charge in [-0.05, 0) is 0 Å². The number of benzene rings is 2. The van der Waals surface area contributed by atoms with E-state index in [2.05, 4.69) is 3.98 Å². The summed E-state index contributed by atoms with van der Waals surface area (Å²) in [5.41, 5.74) is 5.83. The molecule has 2 aromatic carbocycles. The molecule has 0 saturated heterocycles. The number of fused-ring (bicyclic) bond motifs is 1. The Morgan fingerprint density at radius 2 is 1.74 bits per heavy atom. The van der Waals surface area contributed by atoms with E-state index in [4.69, 9.17) is 5.73 Å². The molecule has 0 saturated carbocycles. The molecule has 3 aromatic rings. The van der Waals surface area contributed by atoms with Gasteiger partial charge < -0.3 is 0 Å². The van der Waals surface area contributed by atoms with Gasteiger partial charge in [0, 0.05) is 0 Å². The standard InChI is InChI=1S/C14H10N2O2Se/c15-13(17)9-5-1-3-7-11(9)19-12-8-4-2-6-10(12)14(18)16-19/h1-8H,(H2-,15,16,17,18)/p+1. The Balaban J connectivity index is 2.38. The van der Waals surface area contributed by atoms with Crippen LogP contribution in [0, 0.1) is 0 Å². The Hall–Kier alpha value is -2.10. The molecule has 1 atom stereocenters. The summed E-state index contributed by atoms with van der Waals surface area (Å²) in [6, 6.07) is 14.7. The van der Waals surface area contributed by atoms with Crippen molar-refractivity contribution >= 4 is 29.2 Å². The van der Waals surface area contributed by atoms with Crippen LogP contribution in [0.25, 0.3) is 14.1 Å². The molecule has 19 heavy (non-hydrogen) atoms. The van der Waals surface area contributed by atoms with Crippen LogP contribution < -0.4 is 11.3 Å². The first-order valence-electron chi connectivity index (χ1n) is 5.71. The number of carbonyl (C=O) groups excluding carboxylic acids is 1. The van der Waals surface area contributed by atoms with Gasteiger partial charge in [0.25, 0.3) is 0 Å². The molecule has 1 amide bonds. The van der Waals surface area contributed by atoms with Crippen molar-refractivity contribution in [3.63, 3.8) is 0 Å². The van der Waals surface area contributed by atoms with E-state index in [-0.39, 0.29) is 5.56 Å². The van der Waals surface area contributed by atoms with Crippen molar-refractivity contribution in [2.75, 3.05) is 0 Å². The molecule has 5 heteroatoms. The molecule has 3 rings (SSSR count). The van der Waals surface area contributed by atoms with Crippen LogP contribution in [0.1, 0.15) is 10.4 Å². The molecule has 0 fully saturated rings. The zero-order valence-corrected chi connectivity index (χ0v) is 11.6. The molecule has 1 unspecified atom stereocenters. The molecule has 0 spiro atoms. The first-order chi connectivity index (χ1) is 9.18. The van der Waals surface area contributed by atoms with Crippen LogP contribution in [-0.2, 0) is 0 Å². The van der Waals surface area contributed by atoms with Gasteiger partial charge >= 0.3 is 113 Å². The van der Waals surface area contributed by atoms with E-state index in [0.717, 1.165) is 8.72 Å². The van der Waals surface area contributed by atoms with E-state index in [9.17, 15) is 9.59 Å². The molecule has 0 aliphatic rings. The Kier molecular flexibility index (Phi) is 2.85. The van der Waals surface area contributed by atoms with Crippen LogP contribution in [-0.4, -0.2) is 23.6 Å². The van der Waals surface area contributed by atoms with Gasteiger partial charge in [0.15, 0.2) is 0 Å². The molecular formula is C14H11N2O2Se+. The van der Waals surface area contributed by atoms with Crippen molar-refractivity contribution in [1.29, 1.82) is 0 Å². The summed E-state index contributed by atoms with van der Waals surface area (Å²) in [4.78, 5) is 23.4. The number of aromatic amines is 1. The van der Waals surface area contributed by atoms with Crippen LogP contribution in [0.5, 0.6) is 0 Å². The number of nitrogens with two attached hydrogens (primary N) is 1. The monoisotopic (exact) mass is 319 g/mol. The van der Waals surface area contributed by atoms with Crippen molar-refractivity contribution in [1.82, 2.24) is 3.98 Å². The number of H-pyrrole nitrogens is 1. The fourth-order valence-corrected chi connectivity index (χ4v) is 6.15. The van der Waals surface area contributed by atoms with Gasteiger partial charge in [0.1, 0.15) is 0 Å². The minimum absolute atomic E-state index is 0.0696. The number of primary amides is 1. The van der Waals surface area contributed by atoms with Gasteiger partial charge in [-0.3, -0.25) is 0 Å². The van der Waals surface area contributed by atoms with E-state index in [1.807, 2.05) is 30.3 Å². The van der Waals surface area contributed by atoms with Crippen molar-refractivity contribution in [2.24, 2.45) is 5.73 Å². The number of nitrogens with one attached hydrogen (secondary N) is 1. The summed E-state index contributed by atoms with van der Waals surface area (Å²) in [6.07, 6.45) is 0. The van der Waals surface area contributed by atoms with Crippen molar-refractivity contribution < 1.29 is 4.79 Å². The molecule has 0 aliphatic heterocycles. The minimum atomic E-state index is -1.73. The number of amides is 1. The van der Waals surface area contributed by atoms with Crippen LogP contribution in [0.4, 0.5) is 0 Å². The van der Waals surface area contributed by atoms with Gasteiger partial charge in [-0.25, -0.2) is 0 Å². The zero-order chi connectivity index (χ0) is 13.4. The van der Waals surface area contributed by atoms with E-state index in [0.29, 0.717) is 10.9 Å². The van der Waals surface area contributed by atoms with Crippen LogP contribution in [0.2, 0.25) is 0 Å². The van der Waals surface area contributed by atoms with Gasteiger partial charge in [0.2, 0.25) is 0 Å². The van der Waals surface area contributed by atoms with Gasteiger partial charge in [-0.2, -0.15) is 0 Å². The van der Waals surface area contributed by atoms with Crippen molar-refractivity contribution in [3.8, 4) is 4.46 Å². The molecule has 3 N–H and O–H groups in total. The SMILES string of the molecule is NC(=O)c1ccccc1-[se+]1[nH]c(=O)c2ccccc21. The number of rotatable bonds is 2. The van der Waals surface area contributed by atoms with Crippen LogP contribution in [0.15, 0.2) is 53.3 Å². The van der Waals surface area contributed by atoms with Crippen LogP contribution in [0.3, 0.4) is 0 Å². The predicted molar refractivity (Wildman–Crippen MR) is 76.0 cm³/mol. The van der Waals surface area contributed by atoms with E-state index in [1.54, 1.807) is 18.2 Å². The quantitative estimate of drug-likeness (QED) is 0.700. The Labute approximate surface area is 113 Å². The normalized spacial score (nSPS) is 11.7. The maximum atomic E-state index is 11.9. The summed E-state index contributed by atoms with van der Waals surface area (Å²) in [7, 11) is 0. The topological polar surface area (TPSA) is 76.0 Å². The third-order valence-electron chi connectivity index (χ3n) is 2.92. The van der Waals surface area contributed by atoms with Gasteiger partial charge in [-0.1, -0.05) is 0 Å². The molecule has 94 valence electrons. The molecule has 0 aliphatic carbocycles. The molecule has 1 heterocycles. The summed E-state index contributed by atoms with van der Waals surface area (Å²) in [5.74, 6) is -0.460. The third-order valence-corrected chi connectivity index (χ3v) is 7.08. The average Bonchev–Trinajstić information content (AvgIpc) is 2.77. The average molecular weight is 318 g/mol. The summed E-state index contributed by atoms with van der Waals surface area (Å²) < 4.78 is 4.87. The van der Waals surface area contributed by atoms with Crippen molar-refractivity contribution in [2.45, 2.75) is 0 Å². The number of hydrogen-bond donors (Lipinski definition) is 2. The second-order valence-electron chi connectivity index (χ2n) is 4.09. The Morgan fingerprint density at radius 1 is 1.05 bits per heavy atom. The fourth-order valence-electron chi connectivity index (χ4n) is 2.06. The molecule has 1 aromatic heterocycles. The second kappa shape index (κ2) is 4.53. The Morgan fingerprint density at radius 3 is 2.53 bits per heavy atom. The number of carbonyl (C=O) groups is 1. The van der Waals surface area contributed by atoms with E-state index < -0.39 is 19.6 Å².